The Morgan fingerprint density at radius 3 is 3.09 bits per heavy atom. The van der Waals surface area contributed by atoms with Gasteiger partial charge in [0.2, 0.25) is 0 Å². The highest BCUT2D eigenvalue weighted by atomic mass is 16.6. The Bertz CT molecular complexity index is 193. The van der Waals surface area contributed by atoms with Crippen molar-refractivity contribution in [2.24, 2.45) is 11.1 Å². The lowest BCUT2D eigenvalue weighted by atomic mass is 9.88. The summed E-state index contributed by atoms with van der Waals surface area (Å²) in [7, 11) is 1.52. The molecular weight excluding hydrogens is 140 g/mol. The fraction of sp³-hybridized carbons (Fsp3) is 0.750. The third kappa shape index (κ3) is 1.94. The summed E-state index contributed by atoms with van der Waals surface area (Å²) in [6.45, 7) is 0. The summed E-state index contributed by atoms with van der Waals surface area (Å²) in [4.78, 5) is 4.65. The maximum absolute atomic E-state index is 8.70. The van der Waals surface area contributed by atoms with E-state index in [-0.39, 0.29) is 5.92 Å². The van der Waals surface area contributed by atoms with Crippen molar-refractivity contribution in [1.29, 1.82) is 5.26 Å². The van der Waals surface area contributed by atoms with Crippen LogP contribution < -0.4 is 0 Å². The molecule has 0 N–H and O–H groups in total. The Kier molecular flexibility index (Phi) is 2.91. The summed E-state index contributed by atoms with van der Waals surface area (Å²) in [5.41, 5.74) is 0.918. The first-order chi connectivity index (χ1) is 5.38. The zero-order valence-electron chi connectivity index (χ0n) is 6.71. The number of hydrogen-bond donors (Lipinski definition) is 0. The molecule has 0 spiro atoms. The molecule has 0 bridgehead atoms. The van der Waals surface area contributed by atoms with Crippen molar-refractivity contribution in [3.8, 4) is 6.07 Å². The van der Waals surface area contributed by atoms with Gasteiger partial charge in [-0.05, 0) is 19.3 Å². The minimum absolute atomic E-state index is 0.00343. The van der Waals surface area contributed by atoms with Crippen LogP contribution in [0.15, 0.2) is 5.16 Å². The fourth-order valence-corrected chi connectivity index (χ4v) is 1.36. The summed E-state index contributed by atoms with van der Waals surface area (Å²) in [5, 5.41) is 12.5. The molecular formula is C8H12N2O. The second-order valence-electron chi connectivity index (χ2n) is 2.69. The minimum atomic E-state index is 0.00343. The smallest absolute Gasteiger partial charge is 0.106 e. The van der Waals surface area contributed by atoms with E-state index in [0.29, 0.717) is 0 Å². The van der Waals surface area contributed by atoms with Crippen LogP contribution in [0, 0.1) is 17.2 Å². The monoisotopic (exact) mass is 152 g/mol. The van der Waals surface area contributed by atoms with E-state index in [9.17, 15) is 0 Å². The van der Waals surface area contributed by atoms with Gasteiger partial charge in [-0.15, -0.1) is 0 Å². The van der Waals surface area contributed by atoms with Gasteiger partial charge in [0, 0.05) is 0 Å². The Labute approximate surface area is 66.6 Å². The maximum Gasteiger partial charge on any atom is 0.106 e. The number of nitriles is 1. The summed E-state index contributed by atoms with van der Waals surface area (Å²) in [5.74, 6) is 0.00343. The van der Waals surface area contributed by atoms with Gasteiger partial charge < -0.3 is 4.84 Å². The molecule has 0 aromatic heterocycles. The summed E-state index contributed by atoms with van der Waals surface area (Å²) in [6.07, 6.45) is 4.14. The number of rotatable bonds is 1. The number of hydrogen-bond acceptors (Lipinski definition) is 3. The lowest BCUT2D eigenvalue weighted by Crippen LogP contribution is -2.17. The highest BCUT2D eigenvalue weighted by molar-refractivity contribution is 5.88. The third-order valence-corrected chi connectivity index (χ3v) is 1.94. The van der Waals surface area contributed by atoms with Gasteiger partial charge in [0.25, 0.3) is 0 Å². The van der Waals surface area contributed by atoms with Crippen molar-refractivity contribution in [2.45, 2.75) is 25.7 Å². The third-order valence-electron chi connectivity index (χ3n) is 1.94. The predicted octanol–water partition coefficient (Wildman–Crippen LogP) is 1.70. The zero-order chi connectivity index (χ0) is 8.10. The Morgan fingerprint density at radius 1 is 1.64 bits per heavy atom. The van der Waals surface area contributed by atoms with Crippen molar-refractivity contribution in [3.05, 3.63) is 0 Å². The molecule has 1 aliphatic carbocycles. The summed E-state index contributed by atoms with van der Waals surface area (Å²) in [6, 6.07) is 2.23. The molecule has 60 valence electrons. The molecule has 0 radical (unpaired) electrons. The number of nitrogens with zero attached hydrogens (tertiary/aromatic N) is 2. The molecule has 0 amide bonds. The molecule has 0 aliphatic heterocycles. The van der Waals surface area contributed by atoms with E-state index in [1.54, 1.807) is 0 Å². The lowest BCUT2D eigenvalue weighted by Gasteiger charge is -2.16. The maximum atomic E-state index is 8.70. The Hall–Kier alpha value is -1.04. The lowest BCUT2D eigenvalue weighted by molar-refractivity contribution is 0.209. The minimum Gasteiger partial charge on any atom is -0.399 e. The topological polar surface area (TPSA) is 45.4 Å². The molecule has 3 heteroatoms. The van der Waals surface area contributed by atoms with Crippen LogP contribution in [0.4, 0.5) is 0 Å². The Balaban J connectivity index is 2.60. The van der Waals surface area contributed by atoms with Gasteiger partial charge in [0.15, 0.2) is 0 Å². The van der Waals surface area contributed by atoms with Crippen LogP contribution in [0.5, 0.6) is 0 Å². The van der Waals surface area contributed by atoms with Crippen LogP contribution in [0.3, 0.4) is 0 Å². The standard InChI is InChI=1S/C8H12N2O/c1-11-10-8-5-3-2-4-7(8)6-9/h7H,2-5H2,1H3. The van der Waals surface area contributed by atoms with Crippen molar-refractivity contribution in [1.82, 2.24) is 0 Å². The van der Waals surface area contributed by atoms with Crippen molar-refractivity contribution >= 4 is 5.71 Å². The van der Waals surface area contributed by atoms with Gasteiger partial charge in [-0.2, -0.15) is 5.26 Å². The first kappa shape index (κ1) is 8.06. The fourth-order valence-electron chi connectivity index (χ4n) is 1.36. The second-order valence-corrected chi connectivity index (χ2v) is 2.69. The second kappa shape index (κ2) is 3.97. The van der Waals surface area contributed by atoms with Crippen LogP contribution in [-0.2, 0) is 4.84 Å². The van der Waals surface area contributed by atoms with Gasteiger partial charge >= 0.3 is 0 Å². The first-order valence-corrected chi connectivity index (χ1v) is 3.88. The van der Waals surface area contributed by atoms with E-state index in [1.165, 1.54) is 7.11 Å². The zero-order valence-corrected chi connectivity index (χ0v) is 6.71. The molecule has 1 unspecified atom stereocenters. The number of oxime groups is 1. The van der Waals surface area contributed by atoms with Crippen LogP contribution in [0.25, 0.3) is 0 Å². The van der Waals surface area contributed by atoms with E-state index in [0.717, 1.165) is 31.4 Å². The van der Waals surface area contributed by atoms with E-state index in [2.05, 4.69) is 16.1 Å². The van der Waals surface area contributed by atoms with Crippen molar-refractivity contribution < 1.29 is 4.84 Å². The van der Waals surface area contributed by atoms with E-state index >= 15 is 0 Å². The SMILES string of the molecule is CON=C1CCCCC1C#N. The Morgan fingerprint density at radius 2 is 2.45 bits per heavy atom. The van der Waals surface area contributed by atoms with Gasteiger partial charge in [-0.1, -0.05) is 11.6 Å². The van der Waals surface area contributed by atoms with Crippen molar-refractivity contribution in [2.75, 3.05) is 7.11 Å². The van der Waals surface area contributed by atoms with Crippen LogP contribution in [0.1, 0.15) is 25.7 Å². The molecule has 3 nitrogen and oxygen atoms in total. The summed E-state index contributed by atoms with van der Waals surface area (Å²) >= 11 is 0. The molecule has 1 atom stereocenters. The molecule has 0 saturated heterocycles. The average molecular weight is 152 g/mol. The van der Waals surface area contributed by atoms with E-state index in [4.69, 9.17) is 5.26 Å². The molecule has 1 aliphatic rings. The molecule has 11 heavy (non-hydrogen) atoms. The quantitative estimate of drug-likeness (QED) is 0.537. The summed E-state index contributed by atoms with van der Waals surface area (Å²) < 4.78 is 0. The largest absolute Gasteiger partial charge is 0.399 e. The molecule has 1 fully saturated rings. The normalized spacial score (nSPS) is 28.0. The van der Waals surface area contributed by atoms with Gasteiger partial charge in [0.1, 0.15) is 7.11 Å². The highest BCUT2D eigenvalue weighted by Gasteiger charge is 2.20. The molecule has 1 saturated carbocycles. The molecule has 0 heterocycles. The van der Waals surface area contributed by atoms with Crippen LogP contribution >= 0.6 is 0 Å². The van der Waals surface area contributed by atoms with Gasteiger partial charge in [0.05, 0.1) is 17.7 Å². The molecule has 1 rings (SSSR count). The molecule has 0 aromatic rings. The van der Waals surface area contributed by atoms with Crippen molar-refractivity contribution in [3.63, 3.8) is 0 Å². The van der Waals surface area contributed by atoms with E-state index in [1.807, 2.05) is 0 Å². The molecule has 0 aromatic carbocycles. The van der Waals surface area contributed by atoms with E-state index < -0.39 is 0 Å². The van der Waals surface area contributed by atoms with Crippen LogP contribution in [0.2, 0.25) is 0 Å². The van der Waals surface area contributed by atoms with Crippen LogP contribution in [-0.4, -0.2) is 12.8 Å². The first-order valence-electron chi connectivity index (χ1n) is 3.88. The average Bonchev–Trinajstić information content (AvgIpc) is 2.06. The predicted molar refractivity (Wildman–Crippen MR) is 42.0 cm³/mol. The highest BCUT2D eigenvalue weighted by Crippen LogP contribution is 2.20. The van der Waals surface area contributed by atoms with Gasteiger partial charge in [-0.25, -0.2) is 0 Å². The van der Waals surface area contributed by atoms with Gasteiger partial charge in [-0.3, -0.25) is 0 Å².